The molecule has 1 aromatic rings. The van der Waals surface area contributed by atoms with E-state index in [-0.39, 0.29) is 17.1 Å². The van der Waals surface area contributed by atoms with E-state index in [1.807, 2.05) is 12.1 Å². The van der Waals surface area contributed by atoms with Gasteiger partial charge < -0.3 is 5.73 Å². The quantitative estimate of drug-likeness (QED) is 0.844. The van der Waals surface area contributed by atoms with Gasteiger partial charge in [0.15, 0.2) is 5.78 Å². The molecular formula is C17H25NO. The van der Waals surface area contributed by atoms with Crippen molar-refractivity contribution in [3.05, 3.63) is 35.4 Å². The Morgan fingerprint density at radius 1 is 1.21 bits per heavy atom. The number of carbonyl (C=O) groups is 1. The molecule has 19 heavy (non-hydrogen) atoms. The molecule has 0 aliphatic heterocycles. The van der Waals surface area contributed by atoms with Crippen LogP contribution in [0.25, 0.3) is 0 Å². The number of rotatable bonds is 3. The van der Waals surface area contributed by atoms with Gasteiger partial charge in [0.25, 0.3) is 0 Å². The molecule has 1 aliphatic rings. The lowest BCUT2D eigenvalue weighted by molar-refractivity contribution is 0.0893. The lowest BCUT2D eigenvalue weighted by Gasteiger charge is -2.20. The maximum Gasteiger partial charge on any atom is 0.166 e. The molecule has 0 heterocycles. The van der Waals surface area contributed by atoms with Crippen LogP contribution in [0.2, 0.25) is 0 Å². The Hall–Kier alpha value is -1.15. The van der Waals surface area contributed by atoms with E-state index in [4.69, 9.17) is 5.73 Å². The van der Waals surface area contributed by atoms with E-state index in [1.54, 1.807) is 0 Å². The third kappa shape index (κ3) is 3.06. The molecule has 0 aromatic heterocycles. The second-order valence-electron chi connectivity index (χ2n) is 6.72. The van der Waals surface area contributed by atoms with Crippen LogP contribution in [-0.4, -0.2) is 12.3 Å². The monoisotopic (exact) mass is 259 g/mol. The summed E-state index contributed by atoms with van der Waals surface area (Å²) in [5, 5.41) is 0. The Bertz CT molecular complexity index is 441. The number of ketones is 1. The minimum atomic E-state index is 0.134. The summed E-state index contributed by atoms with van der Waals surface area (Å²) >= 11 is 0. The van der Waals surface area contributed by atoms with Gasteiger partial charge in [0.1, 0.15) is 0 Å². The molecule has 1 aromatic carbocycles. The number of hydrogen-bond acceptors (Lipinski definition) is 2. The molecule has 0 radical (unpaired) electrons. The third-order valence-corrected chi connectivity index (χ3v) is 4.33. The normalized spacial score (nSPS) is 23.6. The summed E-state index contributed by atoms with van der Waals surface area (Å²) in [6, 6.07) is 8.13. The predicted octanol–water partition coefficient (Wildman–Crippen LogP) is 3.54. The Morgan fingerprint density at radius 2 is 1.84 bits per heavy atom. The van der Waals surface area contributed by atoms with Crippen LogP contribution >= 0.6 is 0 Å². The highest BCUT2D eigenvalue weighted by Gasteiger charge is 2.32. The number of hydrogen-bond donors (Lipinski definition) is 1. The molecule has 2 unspecified atom stereocenters. The molecule has 0 bridgehead atoms. The van der Waals surface area contributed by atoms with E-state index >= 15 is 0 Å². The minimum absolute atomic E-state index is 0.134. The summed E-state index contributed by atoms with van der Waals surface area (Å²) in [7, 11) is 0. The summed E-state index contributed by atoms with van der Waals surface area (Å²) in [5.74, 6) is 0.814. The fourth-order valence-corrected chi connectivity index (χ4v) is 3.01. The van der Waals surface area contributed by atoms with E-state index in [0.29, 0.717) is 12.5 Å². The molecule has 0 amide bonds. The van der Waals surface area contributed by atoms with Gasteiger partial charge in [-0.2, -0.15) is 0 Å². The number of benzene rings is 1. The average molecular weight is 259 g/mol. The molecule has 2 atom stereocenters. The number of nitrogens with two attached hydrogens (primary N) is 1. The van der Waals surface area contributed by atoms with E-state index < -0.39 is 0 Å². The Morgan fingerprint density at radius 3 is 2.37 bits per heavy atom. The van der Waals surface area contributed by atoms with Gasteiger partial charge >= 0.3 is 0 Å². The van der Waals surface area contributed by atoms with Gasteiger partial charge in [-0.25, -0.2) is 0 Å². The molecule has 2 heteroatoms. The zero-order chi connectivity index (χ0) is 14.0. The van der Waals surface area contributed by atoms with Crippen LogP contribution in [0, 0.1) is 11.8 Å². The van der Waals surface area contributed by atoms with Crippen LogP contribution < -0.4 is 5.73 Å². The van der Waals surface area contributed by atoms with Gasteiger partial charge in [-0.15, -0.1) is 0 Å². The zero-order valence-corrected chi connectivity index (χ0v) is 12.3. The average Bonchev–Trinajstić information content (AvgIpc) is 2.85. The first-order valence-electron chi connectivity index (χ1n) is 7.28. The lowest BCUT2D eigenvalue weighted by atomic mass is 9.84. The van der Waals surface area contributed by atoms with E-state index in [9.17, 15) is 4.79 Å². The topological polar surface area (TPSA) is 43.1 Å². The van der Waals surface area contributed by atoms with Crippen LogP contribution in [0.4, 0.5) is 0 Å². The first-order chi connectivity index (χ1) is 8.93. The second kappa shape index (κ2) is 5.46. The SMILES string of the molecule is CC(C)(C)c1ccc(C(=O)C2CCCC2CN)cc1. The minimum Gasteiger partial charge on any atom is -0.330 e. The maximum atomic E-state index is 12.5. The highest BCUT2D eigenvalue weighted by Crippen LogP contribution is 2.33. The molecule has 0 spiro atoms. The van der Waals surface area contributed by atoms with Crippen molar-refractivity contribution in [1.82, 2.24) is 0 Å². The lowest BCUT2D eigenvalue weighted by Crippen LogP contribution is -2.25. The maximum absolute atomic E-state index is 12.5. The number of carbonyl (C=O) groups excluding carboxylic acids is 1. The third-order valence-electron chi connectivity index (χ3n) is 4.33. The fourth-order valence-electron chi connectivity index (χ4n) is 3.01. The first-order valence-corrected chi connectivity index (χ1v) is 7.28. The van der Waals surface area contributed by atoms with Gasteiger partial charge in [0, 0.05) is 11.5 Å². The zero-order valence-electron chi connectivity index (χ0n) is 12.3. The van der Waals surface area contributed by atoms with Crippen molar-refractivity contribution in [2.24, 2.45) is 17.6 Å². The van der Waals surface area contributed by atoms with E-state index in [2.05, 4.69) is 32.9 Å². The summed E-state index contributed by atoms with van der Waals surface area (Å²) in [5.41, 5.74) is 8.02. The van der Waals surface area contributed by atoms with Crippen LogP contribution in [-0.2, 0) is 5.41 Å². The van der Waals surface area contributed by atoms with Gasteiger partial charge in [-0.3, -0.25) is 4.79 Å². The van der Waals surface area contributed by atoms with Gasteiger partial charge in [-0.05, 0) is 36.3 Å². The Kier molecular flexibility index (Phi) is 4.10. The van der Waals surface area contributed by atoms with Crippen molar-refractivity contribution >= 4 is 5.78 Å². The molecule has 1 saturated carbocycles. The van der Waals surface area contributed by atoms with Crippen LogP contribution in [0.5, 0.6) is 0 Å². The molecule has 2 N–H and O–H groups in total. The van der Waals surface area contributed by atoms with Crippen molar-refractivity contribution in [1.29, 1.82) is 0 Å². The van der Waals surface area contributed by atoms with Crippen molar-refractivity contribution in [2.45, 2.75) is 45.4 Å². The van der Waals surface area contributed by atoms with Crippen molar-refractivity contribution < 1.29 is 4.79 Å². The molecule has 1 fully saturated rings. The molecule has 2 rings (SSSR count). The molecule has 1 aliphatic carbocycles. The highest BCUT2D eigenvalue weighted by molar-refractivity contribution is 5.98. The van der Waals surface area contributed by atoms with Gasteiger partial charge in [0.2, 0.25) is 0 Å². The highest BCUT2D eigenvalue weighted by atomic mass is 16.1. The van der Waals surface area contributed by atoms with E-state index in [0.717, 1.165) is 24.8 Å². The summed E-state index contributed by atoms with van der Waals surface area (Å²) in [6.07, 6.45) is 3.24. The summed E-state index contributed by atoms with van der Waals surface area (Å²) in [6.45, 7) is 7.19. The second-order valence-corrected chi connectivity index (χ2v) is 6.72. The van der Waals surface area contributed by atoms with Crippen molar-refractivity contribution in [3.63, 3.8) is 0 Å². The summed E-state index contributed by atoms with van der Waals surface area (Å²) in [4.78, 5) is 12.5. The predicted molar refractivity (Wildman–Crippen MR) is 79.4 cm³/mol. The van der Waals surface area contributed by atoms with E-state index in [1.165, 1.54) is 5.56 Å². The largest absolute Gasteiger partial charge is 0.330 e. The van der Waals surface area contributed by atoms with Crippen LogP contribution in [0.1, 0.15) is 56.0 Å². The Balaban J connectivity index is 2.16. The van der Waals surface area contributed by atoms with Gasteiger partial charge in [0.05, 0.1) is 0 Å². The van der Waals surface area contributed by atoms with Crippen molar-refractivity contribution in [3.8, 4) is 0 Å². The number of Topliss-reactive ketones (excluding diaryl/α,β-unsaturated/α-hetero) is 1. The smallest absolute Gasteiger partial charge is 0.166 e. The standard InChI is InChI=1S/C17H25NO/c1-17(2,3)14-9-7-12(8-10-14)16(19)15-6-4-5-13(15)11-18/h7-10,13,15H,4-6,11,18H2,1-3H3. The molecule has 104 valence electrons. The molecule has 2 nitrogen and oxygen atoms in total. The van der Waals surface area contributed by atoms with Crippen molar-refractivity contribution in [2.75, 3.05) is 6.54 Å². The summed E-state index contributed by atoms with van der Waals surface area (Å²) < 4.78 is 0. The molecular weight excluding hydrogens is 234 g/mol. The van der Waals surface area contributed by atoms with Crippen LogP contribution in [0.3, 0.4) is 0 Å². The van der Waals surface area contributed by atoms with Gasteiger partial charge in [-0.1, -0.05) is 51.5 Å². The first kappa shape index (κ1) is 14.3. The van der Waals surface area contributed by atoms with Crippen LogP contribution in [0.15, 0.2) is 24.3 Å². The molecule has 0 saturated heterocycles. The fraction of sp³-hybridized carbons (Fsp3) is 0.588. The Labute approximate surface area is 116 Å².